The summed E-state index contributed by atoms with van der Waals surface area (Å²) >= 11 is 11.7. The zero-order valence-corrected chi connectivity index (χ0v) is 12.5. The lowest BCUT2D eigenvalue weighted by Crippen LogP contribution is -2.32. The van der Waals surface area contributed by atoms with Crippen molar-refractivity contribution >= 4 is 40.9 Å². The van der Waals surface area contributed by atoms with Crippen molar-refractivity contribution in [2.45, 2.75) is 19.8 Å². The number of carbonyl (C=O) groups excluding carboxylic acids is 1. The highest BCUT2D eigenvalue weighted by molar-refractivity contribution is 6.36. The zero-order chi connectivity index (χ0) is 15.1. The number of rotatable bonds is 6. The van der Waals surface area contributed by atoms with Crippen LogP contribution >= 0.6 is 23.2 Å². The summed E-state index contributed by atoms with van der Waals surface area (Å²) in [5.41, 5.74) is 0.465. The average molecular weight is 319 g/mol. The van der Waals surface area contributed by atoms with Crippen LogP contribution in [0.2, 0.25) is 10.0 Å². The van der Waals surface area contributed by atoms with E-state index in [-0.39, 0.29) is 12.3 Å². The SMILES string of the molecule is CC(CCC(=O)O)CNC(=O)Nc1ccc(Cl)cc1Cl. The van der Waals surface area contributed by atoms with Gasteiger partial charge in [-0.2, -0.15) is 0 Å². The van der Waals surface area contributed by atoms with Gasteiger partial charge in [-0.15, -0.1) is 0 Å². The molecular weight excluding hydrogens is 303 g/mol. The number of hydrogen-bond donors (Lipinski definition) is 3. The predicted molar refractivity (Wildman–Crippen MR) is 79.5 cm³/mol. The molecule has 0 radical (unpaired) electrons. The molecule has 20 heavy (non-hydrogen) atoms. The van der Waals surface area contributed by atoms with Gasteiger partial charge in [-0.25, -0.2) is 4.79 Å². The lowest BCUT2D eigenvalue weighted by molar-refractivity contribution is -0.137. The van der Waals surface area contributed by atoms with Gasteiger partial charge in [0.25, 0.3) is 0 Å². The first-order chi connectivity index (χ1) is 9.38. The molecule has 1 aromatic carbocycles. The minimum Gasteiger partial charge on any atom is -0.481 e. The van der Waals surface area contributed by atoms with Crippen molar-refractivity contribution < 1.29 is 14.7 Å². The molecule has 0 saturated heterocycles. The number of aliphatic carboxylic acids is 1. The minimum absolute atomic E-state index is 0.0811. The largest absolute Gasteiger partial charge is 0.481 e. The number of carboxylic acids is 1. The summed E-state index contributed by atoms with van der Waals surface area (Å²) in [6.07, 6.45) is 0.602. The van der Waals surface area contributed by atoms with Gasteiger partial charge in [-0.05, 0) is 30.5 Å². The van der Waals surface area contributed by atoms with Gasteiger partial charge in [0.2, 0.25) is 0 Å². The van der Waals surface area contributed by atoms with E-state index in [1.54, 1.807) is 12.1 Å². The first-order valence-electron chi connectivity index (χ1n) is 6.10. The molecule has 5 nitrogen and oxygen atoms in total. The summed E-state index contributed by atoms with van der Waals surface area (Å²) in [6.45, 7) is 2.27. The Bertz CT molecular complexity index is 495. The quantitative estimate of drug-likeness (QED) is 0.749. The van der Waals surface area contributed by atoms with Gasteiger partial charge in [0.15, 0.2) is 0 Å². The summed E-state index contributed by atoms with van der Waals surface area (Å²) in [4.78, 5) is 22.1. The molecule has 1 atom stereocenters. The highest BCUT2D eigenvalue weighted by Crippen LogP contribution is 2.25. The fourth-order valence-electron chi connectivity index (χ4n) is 1.50. The van der Waals surface area contributed by atoms with Crippen LogP contribution in [0, 0.1) is 5.92 Å². The standard InChI is InChI=1S/C13H16Cl2N2O3/c1-8(2-5-12(18)19)7-16-13(20)17-11-4-3-9(14)6-10(11)15/h3-4,6,8H,2,5,7H2,1H3,(H,18,19)(H2,16,17,20). The molecule has 2 amide bonds. The van der Waals surface area contributed by atoms with Crippen LogP contribution in [0.15, 0.2) is 18.2 Å². The summed E-state index contributed by atoms with van der Waals surface area (Å²) in [5, 5.41) is 14.7. The van der Waals surface area contributed by atoms with Crippen LogP contribution in [0.3, 0.4) is 0 Å². The number of benzene rings is 1. The summed E-state index contributed by atoms with van der Waals surface area (Å²) in [5.74, 6) is -0.758. The van der Waals surface area contributed by atoms with Crippen LogP contribution in [0.5, 0.6) is 0 Å². The Morgan fingerprint density at radius 2 is 2.05 bits per heavy atom. The molecule has 110 valence electrons. The lowest BCUT2D eigenvalue weighted by Gasteiger charge is -2.13. The lowest BCUT2D eigenvalue weighted by atomic mass is 10.1. The number of amides is 2. The molecule has 1 unspecified atom stereocenters. The van der Waals surface area contributed by atoms with Gasteiger partial charge in [-0.1, -0.05) is 30.1 Å². The monoisotopic (exact) mass is 318 g/mol. The first kappa shape index (κ1) is 16.6. The molecule has 0 saturated carbocycles. The highest BCUT2D eigenvalue weighted by Gasteiger charge is 2.09. The molecule has 0 aliphatic rings. The molecule has 0 aliphatic carbocycles. The maximum Gasteiger partial charge on any atom is 0.319 e. The third kappa shape index (κ3) is 6.12. The number of urea groups is 1. The Balaban J connectivity index is 2.38. The van der Waals surface area contributed by atoms with Gasteiger partial charge in [0.05, 0.1) is 10.7 Å². The number of nitrogens with one attached hydrogen (secondary N) is 2. The Hall–Kier alpha value is -1.46. The molecule has 0 aliphatic heterocycles. The van der Waals surface area contributed by atoms with Gasteiger partial charge >= 0.3 is 12.0 Å². The molecule has 0 aromatic heterocycles. The van der Waals surface area contributed by atoms with E-state index in [4.69, 9.17) is 28.3 Å². The van der Waals surface area contributed by atoms with Gasteiger partial charge < -0.3 is 15.7 Å². The van der Waals surface area contributed by atoms with Crippen LogP contribution in [0.25, 0.3) is 0 Å². The van der Waals surface area contributed by atoms with E-state index < -0.39 is 12.0 Å². The average Bonchev–Trinajstić information content (AvgIpc) is 2.37. The van der Waals surface area contributed by atoms with E-state index in [0.29, 0.717) is 28.7 Å². The molecular formula is C13H16Cl2N2O3. The number of carboxylic acid groups (broad SMARTS) is 1. The Morgan fingerprint density at radius 1 is 1.35 bits per heavy atom. The zero-order valence-electron chi connectivity index (χ0n) is 11.0. The Morgan fingerprint density at radius 3 is 2.65 bits per heavy atom. The van der Waals surface area contributed by atoms with Crippen molar-refractivity contribution in [1.29, 1.82) is 0 Å². The summed E-state index contributed by atoms with van der Waals surface area (Å²) in [6, 6.07) is 4.38. The van der Waals surface area contributed by atoms with Crippen molar-refractivity contribution in [1.82, 2.24) is 5.32 Å². The number of carbonyl (C=O) groups is 2. The van der Waals surface area contributed by atoms with Crippen LogP contribution in [-0.2, 0) is 4.79 Å². The van der Waals surface area contributed by atoms with Crippen molar-refractivity contribution in [2.24, 2.45) is 5.92 Å². The second-order valence-electron chi connectivity index (χ2n) is 4.50. The normalized spacial score (nSPS) is 11.8. The molecule has 1 aromatic rings. The van der Waals surface area contributed by atoms with E-state index >= 15 is 0 Å². The fourth-order valence-corrected chi connectivity index (χ4v) is 1.95. The molecule has 0 spiro atoms. The van der Waals surface area contributed by atoms with Crippen molar-refractivity contribution in [3.8, 4) is 0 Å². The van der Waals surface area contributed by atoms with Crippen LogP contribution in [0.1, 0.15) is 19.8 Å². The van der Waals surface area contributed by atoms with Gasteiger partial charge in [0, 0.05) is 18.0 Å². The van der Waals surface area contributed by atoms with E-state index in [1.807, 2.05) is 6.92 Å². The van der Waals surface area contributed by atoms with Crippen molar-refractivity contribution in [2.75, 3.05) is 11.9 Å². The van der Waals surface area contributed by atoms with Crippen LogP contribution < -0.4 is 10.6 Å². The Kier molecular flexibility index (Phi) is 6.61. The van der Waals surface area contributed by atoms with E-state index in [2.05, 4.69) is 10.6 Å². The third-order valence-electron chi connectivity index (χ3n) is 2.64. The summed E-state index contributed by atoms with van der Waals surface area (Å²) in [7, 11) is 0. The molecule has 0 bridgehead atoms. The second kappa shape index (κ2) is 7.97. The molecule has 0 heterocycles. The van der Waals surface area contributed by atoms with E-state index in [0.717, 1.165) is 0 Å². The van der Waals surface area contributed by atoms with Crippen LogP contribution in [-0.4, -0.2) is 23.7 Å². The van der Waals surface area contributed by atoms with Crippen molar-refractivity contribution in [3.63, 3.8) is 0 Å². The topological polar surface area (TPSA) is 78.4 Å². The first-order valence-corrected chi connectivity index (χ1v) is 6.85. The van der Waals surface area contributed by atoms with Gasteiger partial charge in [0.1, 0.15) is 0 Å². The van der Waals surface area contributed by atoms with Crippen LogP contribution in [0.4, 0.5) is 10.5 Å². The second-order valence-corrected chi connectivity index (χ2v) is 5.34. The number of halogens is 2. The Labute approximate surface area is 127 Å². The fraction of sp³-hybridized carbons (Fsp3) is 0.385. The van der Waals surface area contributed by atoms with Gasteiger partial charge in [-0.3, -0.25) is 4.79 Å². The molecule has 0 fully saturated rings. The van der Waals surface area contributed by atoms with E-state index in [1.165, 1.54) is 6.07 Å². The molecule has 7 heteroatoms. The van der Waals surface area contributed by atoms with Crippen molar-refractivity contribution in [3.05, 3.63) is 28.2 Å². The smallest absolute Gasteiger partial charge is 0.319 e. The molecule has 1 rings (SSSR count). The predicted octanol–water partition coefficient (Wildman–Crippen LogP) is 3.62. The minimum atomic E-state index is -0.839. The third-order valence-corrected chi connectivity index (χ3v) is 3.19. The highest BCUT2D eigenvalue weighted by atomic mass is 35.5. The summed E-state index contributed by atoms with van der Waals surface area (Å²) < 4.78 is 0. The molecule has 3 N–H and O–H groups in total. The number of anilines is 1. The maximum atomic E-state index is 11.7. The van der Waals surface area contributed by atoms with E-state index in [9.17, 15) is 9.59 Å². The number of hydrogen-bond acceptors (Lipinski definition) is 2. The maximum absolute atomic E-state index is 11.7.